The Kier molecular flexibility index (Phi) is 3.52. The van der Waals surface area contributed by atoms with Crippen molar-refractivity contribution < 1.29 is 19.1 Å². The van der Waals surface area contributed by atoms with Gasteiger partial charge in [0.15, 0.2) is 0 Å². The summed E-state index contributed by atoms with van der Waals surface area (Å²) in [4.78, 5) is 33.1. The van der Waals surface area contributed by atoms with Gasteiger partial charge in [0.2, 0.25) is 0 Å². The van der Waals surface area contributed by atoms with E-state index in [2.05, 4.69) is 9.97 Å². The van der Waals surface area contributed by atoms with Crippen molar-refractivity contribution in [2.45, 2.75) is 25.2 Å². The SMILES string of the molecule is COC(=O)[C@H]1C[C@H](C(=O)OC)c2nc3cc(C)ccc3nc21. The summed E-state index contributed by atoms with van der Waals surface area (Å²) >= 11 is 0. The summed E-state index contributed by atoms with van der Waals surface area (Å²) in [6.07, 6.45) is 0.282. The number of nitrogens with zero attached hydrogens (tertiary/aromatic N) is 2. The van der Waals surface area contributed by atoms with Gasteiger partial charge in [-0.2, -0.15) is 0 Å². The van der Waals surface area contributed by atoms with Crippen LogP contribution in [-0.4, -0.2) is 36.1 Å². The standard InChI is InChI=1S/C16H16N2O4/c1-8-4-5-11-12(6-8)18-14-10(16(20)22-3)7-9(13(14)17-11)15(19)21-2/h4-6,9-10H,7H2,1-3H3/t9-,10-/m0/s1. The van der Waals surface area contributed by atoms with Crippen LogP contribution in [0, 0.1) is 6.92 Å². The lowest BCUT2D eigenvalue weighted by atomic mass is 10.0. The molecule has 2 atom stereocenters. The normalized spacial score (nSPS) is 19.8. The van der Waals surface area contributed by atoms with E-state index in [1.165, 1.54) is 14.2 Å². The average molecular weight is 300 g/mol. The summed E-state index contributed by atoms with van der Waals surface area (Å²) in [5, 5.41) is 0. The maximum atomic E-state index is 12.0. The second-order valence-electron chi connectivity index (χ2n) is 5.37. The number of aromatic nitrogens is 2. The minimum atomic E-state index is -0.582. The number of methoxy groups -OCH3 is 2. The van der Waals surface area contributed by atoms with Crippen molar-refractivity contribution in [2.24, 2.45) is 0 Å². The molecular formula is C16H16N2O4. The van der Waals surface area contributed by atoms with Gasteiger partial charge in [0.25, 0.3) is 0 Å². The lowest BCUT2D eigenvalue weighted by Crippen LogP contribution is -2.15. The minimum absolute atomic E-state index is 0.282. The fourth-order valence-corrected chi connectivity index (χ4v) is 2.86. The van der Waals surface area contributed by atoms with E-state index in [1.54, 1.807) is 0 Å². The van der Waals surface area contributed by atoms with Crippen LogP contribution in [0.2, 0.25) is 0 Å². The van der Waals surface area contributed by atoms with Crippen molar-refractivity contribution in [3.05, 3.63) is 35.2 Å². The smallest absolute Gasteiger partial charge is 0.314 e. The first kappa shape index (κ1) is 14.4. The highest BCUT2D eigenvalue weighted by Crippen LogP contribution is 2.41. The molecule has 0 aliphatic heterocycles. The number of hydrogen-bond donors (Lipinski definition) is 0. The van der Waals surface area contributed by atoms with Gasteiger partial charge >= 0.3 is 11.9 Å². The highest BCUT2D eigenvalue weighted by Gasteiger charge is 2.43. The van der Waals surface area contributed by atoms with Crippen LogP contribution in [0.25, 0.3) is 11.0 Å². The lowest BCUT2D eigenvalue weighted by Gasteiger charge is -2.08. The summed E-state index contributed by atoms with van der Waals surface area (Å²) in [6.45, 7) is 1.96. The zero-order valence-corrected chi connectivity index (χ0v) is 12.6. The van der Waals surface area contributed by atoms with E-state index in [1.807, 2.05) is 25.1 Å². The number of fused-ring (bicyclic) bond motifs is 2. The molecule has 0 N–H and O–H groups in total. The molecule has 1 aromatic heterocycles. The number of rotatable bonds is 2. The first-order valence-electron chi connectivity index (χ1n) is 6.99. The molecule has 0 spiro atoms. The van der Waals surface area contributed by atoms with Gasteiger partial charge in [-0.25, -0.2) is 9.97 Å². The molecule has 0 bridgehead atoms. The van der Waals surface area contributed by atoms with E-state index in [4.69, 9.17) is 9.47 Å². The molecule has 0 saturated heterocycles. The molecule has 0 amide bonds. The number of esters is 2. The van der Waals surface area contributed by atoms with Gasteiger partial charge in [-0.1, -0.05) is 6.07 Å². The highest BCUT2D eigenvalue weighted by atomic mass is 16.5. The van der Waals surface area contributed by atoms with Gasteiger partial charge in [-0.3, -0.25) is 9.59 Å². The number of carbonyl (C=O) groups is 2. The van der Waals surface area contributed by atoms with Crippen LogP contribution in [0.3, 0.4) is 0 Å². The van der Waals surface area contributed by atoms with Crippen molar-refractivity contribution in [3.63, 3.8) is 0 Å². The van der Waals surface area contributed by atoms with E-state index >= 15 is 0 Å². The Bertz CT molecular complexity index is 772. The summed E-state index contributed by atoms with van der Waals surface area (Å²) in [6, 6.07) is 5.70. The zero-order chi connectivity index (χ0) is 15.9. The lowest BCUT2D eigenvalue weighted by molar-refractivity contribution is -0.144. The molecule has 0 fully saturated rings. The van der Waals surface area contributed by atoms with Crippen molar-refractivity contribution in [2.75, 3.05) is 14.2 Å². The van der Waals surface area contributed by atoms with Crippen LogP contribution in [0.1, 0.15) is 35.2 Å². The molecule has 3 rings (SSSR count). The van der Waals surface area contributed by atoms with Crippen molar-refractivity contribution in [1.29, 1.82) is 0 Å². The van der Waals surface area contributed by atoms with E-state index in [-0.39, 0.29) is 6.42 Å². The van der Waals surface area contributed by atoms with Crippen LogP contribution in [0.4, 0.5) is 0 Å². The van der Waals surface area contributed by atoms with Gasteiger partial charge < -0.3 is 9.47 Å². The Morgan fingerprint density at radius 2 is 1.55 bits per heavy atom. The van der Waals surface area contributed by atoms with Crippen molar-refractivity contribution in [1.82, 2.24) is 9.97 Å². The van der Waals surface area contributed by atoms with Gasteiger partial charge in [-0.05, 0) is 31.0 Å². The molecule has 2 aromatic rings. The maximum Gasteiger partial charge on any atom is 0.314 e. The number of aryl methyl sites for hydroxylation is 1. The number of ether oxygens (including phenoxy) is 2. The van der Waals surface area contributed by atoms with E-state index in [0.29, 0.717) is 22.4 Å². The topological polar surface area (TPSA) is 78.4 Å². The molecule has 22 heavy (non-hydrogen) atoms. The molecule has 6 nitrogen and oxygen atoms in total. The fourth-order valence-electron chi connectivity index (χ4n) is 2.86. The van der Waals surface area contributed by atoms with Crippen LogP contribution >= 0.6 is 0 Å². The van der Waals surface area contributed by atoms with Crippen LogP contribution in [0.15, 0.2) is 18.2 Å². The van der Waals surface area contributed by atoms with Gasteiger partial charge in [0.05, 0.1) is 36.6 Å². The Labute approximate surface area is 127 Å². The first-order chi connectivity index (χ1) is 10.5. The number of hydrogen-bond acceptors (Lipinski definition) is 6. The molecule has 0 radical (unpaired) electrons. The maximum absolute atomic E-state index is 12.0. The monoisotopic (exact) mass is 300 g/mol. The third kappa shape index (κ3) is 2.20. The van der Waals surface area contributed by atoms with Gasteiger partial charge in [0.1, 0.15) is 11.8 Å². The average Bonchev–Trinajstić information content (AvgIpc) is 2.89. The third-order valence-corrected chi connectivity index (χ3v) is 3.98. The molecule has 1 aliphatic carbocycles. The molecule has 1 heterocycles. The van der Waals surface area contributed by atoms with Crippen LogP contribution in [-0.2, 0) is 19.1 Å². The molecular weight excluding hydrogens is 284 g/mol. The van der Waals surface area contributed by atoms with E-state index < -0.39 is 23.8 Å². The Hall–Kier alpha value is -2.50. The highest BCUT2D eigenvalue weighted by molar-refractivity contribution is 5.87. The summed E-state index contributed by atoms with van der Waals surface area (Å²) < 4.78 is 9.65. The second-order valence-corrected chi connectivity index (χ2v) is 5.37. The molecule has 1 aliphatic rings. The van der Waals surface area contributed by atoms with E-state index in [9.17, 15) is 9.59 Å². The number of benzene rings is 1. The Balaban J connectivity index is 2.19. The zero-order valence-electron chi connectivity index (χ0n) is 12.6. The van der Waals surface area contributed by atoms with Crippen LogP contribution in [0.5, 0.6) is 0 Å². The minimum Gasteiger partial charge on any atom is -0.469 e. The Morgan fingerprint density at radius 1 is 1.00 bits per heavy atom. The molecule has 6 heteroatoms. The predicted molar refractivity (Wildman–Crippen MR) is 78.4 cm³/mol. The summed E-state index contributed by atoms with van der Waals surface area (Å²) in [7, 11) is 2.65. The Morgan fingerprint density at radius 3 is 2.09 bits per heavy atom. The molecule has 114 valence electrons. The molecule has 1 aromatic carbocycles. The number of carbonyl (C=O) groups excluding carboxylic acids is 2. The quantitative estimate of drug-likeness (QED) is 0.788. The third-order valence-electron chi connectivity index (χ3n) is 3.98. The van der Waals surface area contributed by atoms with Crippen molar-refractivity contribution >= 4 is 23.0 Å². The van der Waals surface area contributed by atoms with Gasteiger partial charge in [0, 0.05) is 0 Å². The summed E-state index contributed by atoms with van der Waals surface area (Å²) in [5.74, 6) is -1.98. The largest absolute Gasteiger partial charge is 0.469 e. The van der Waals surface area contributed by atoms with Gasteiger partial charge in [-0.15, -0.1) is 0 Å². The molecule has 0 saturated carbocycles. The molecule has 0 unspecified atom stereocenters. The first-order valence-corrected chi connectivity index (χ1v) is 6.99. The van der Waals surface area contributed by atoms with Crippen molar-refractivity contribution in [3.8, 4) is 0 Å². The fraction of sp³-hybridized carbons (Fsp3) is 0.375. The van der Waals surface area contributed by atoms with Crippen LogP contribution < -0.4 is 0 Å². The summed E-state index contributed by atoms with van der Waals surface area (Å²) in [5.41, 5.74) is 3.49. The van der Waals surface area contributed by atoms with E-state index in [0.717, 1.165) is 5.56 Å². The predicted octanol–water partition coefficient (Wildman–Crippen LogP) is 1.86. The second kappa shape index (κ2) is 5.36.